The van der Waals surface area contributed by atoms with Crippen LogP contribution in [0.3, 0.4) is 0 Å². The fourth-order valence-corrected chi connectivity index (χ4v) is 4.20. The zero-order chi connectivity index (χ0) is 23.8. The number of nitrogens with one attached hydrogen (secondary N) is 2. The van der Waals surface area contributed by atoms with E-state index in [9.17, 15) is 24.5 Å². The van der Waals surface area contributed by atoms with Crippen LogP contribution in [0.4, 0.5) is 16.2 Å². The van der Waals surface area contributed by atoms with Crippen molar-refractivity contribution in [3.8, 4) is 0 Å². The molecule has 0 unspecified atom stereocenters. The average molecular weight is 475 g/mol. The zero-order valence-corrected chi connectivity index (χ0v) is 19.1. The Morgan fingerprint density at radius 3 is 2.67 bits per heavy atom. The van der Waals surface area contributed by atoms with Crippen LogP contribution in [-0.2, 0) is 16.0 Å². The maximum atomic E-state index is 12.3. The Kier molecular flexibility index (Phi) is 8.36. The number of thiophene rings is 1. The lowest BCUT2D eigenvalue weighted by molar-refractivity contribution is -0.384. The minimum atomic E-state index is -0.884. The van der Waals surface area contributed by atoms with Crippen molar-refractivity contribution in [2.24, 2.45) is 5.92 Å². The number of rotatable bonds is 8. The second-order valence-corrected chi connectivity index (χ2v) is 8.87. The van der Waals surface area contributed by atoms with Gasteiger partial charge < -0.3 is 15.0 Å². The number of carbonyl (C=O) groups excluding carboxylic acids is 3. The quantitative estimate of drug-likeness (QED) is 0.341. The lowest BCUT2D eigenvalue weighted by atomic mass is 9.98. The van der Waals surface area contributed by atoms with Gasteiger partial charge in [0.2, 0.25) is 0 Å². The number of amides is 3. The van der Waals surface area contributed by atoms with E-state index in [1.807, 2.05) is 22.4 Å². The molecule has 1 saturated heterocycles. The molecule has 1 aromatic heterocycles. The van der Waals surface area contributed by atoms with Crippen molar-refractivity contribution in [3.05, 3.63) is 56.3 Å². The second-order valence-electron chi connectivity index (χ2n) is 7.84. The normalized spacial score (nSPS) is 13.9. The molecule has 0 aliphatic carbocycles. The largest absolute Gasteiger partial charge is 0.452 e. The molecule has 33 heavy (non-hydrogen) atoms. The third-order valence-corrected chi connectivity index (χ3v) is 6.29. The van der Waals surface area contributed by atoms with E-state index in [0.29, 0.717) is 37.7 Å². The molecule has 2 aromatic rings. The third kappa shape index (κ3) is 7.01. The van der Waals surface area contributed by atoms with Gasteiger partial charge in [0.1, 0.15) is 5.69 Å². The number of esters is 1. The Balaban J connectivity index is 1.49. The second kappa shape index (κ2) is 11.4. The average Bonchev–Trinajstić information content (AvgIpc) is 3.31. The molecular weight excluding hydrogens is 448 g/mol. The fraction of sp³-hybridized carbons (Fsp3) is 0.409. The van der Waals surface area contributed by atoms with E-state index < -0.39 is 29.4 Å². The molecule has 1 fully saturated rings. The van der Waals surface area contributed by atoms with Gasteiger partial charge in [0.25, 0.3) is 11.6 Å². The van der Waals surface area contributed by atoms with E-state index >= 15 is 0 Å². The van der Waals surface area contributed by atoms with Crippen LogP contribution < -0.4 is 15.5 Å². The van der Waals surface area contributed by atoms with Gasteiger partial charge in [-0.3, -0.25) is 20.2 Å². The summed E-state index contributed by atoms with van der Waals surface area (Å²) in [5.41, 5.74) is 0.234. The number of imide groups is 1. The first-order valence-electron chi connectivity index (χ1n) is 10.6. The molecule has 0 radical (unpaired) electrons. The van der Waals surface area contributed by atoms with Crippen LogP contribution in [0.15, 0.2) is 35.7 Å². The van der Waals surface area contributed by atoms with Crippen molar-refractivity contribution in [2.45, 2.75) is 26.2 Å². The summed E-state index contributed by atoms with van der Waals surface area (Å²) in [4.78, 5) is 50.0. The Hall–Kier alpha value is -3.47. The SMILES string of the molecule is CC1CCN(c2ccc(C(=O)OCC(=O)NC(=O)NCCc3cccs3)cc2[N+](=O)[O-])CC1. The van der Waals surface area contributed by atoms with E-state index in [4.69, 9.17) is 4.74 Å². The third-order valence-electron chi connectivity index (χ3n) is 5.36. The van der Waals surface area contributed by atoms with Crippen LogP contribution in [0.2, 0.25) is 0 Å². The molecule has 2 heterocycles. The van der Waals surface area contributed by atoms with Crippen molar-refractivity contribution in [2.75, 3.05) is 31.1 Å². The summed E-state index contributed by atoms with van der Waals surface area (Å²) in [5, 5.41) is 18.1. The minimum absolute atomic E-state index is 0.0379. The number of hydrogen-bond donors (Lipinski definition) is 2. The Morgan fingerprint density at radius 1 is 1.24 bits per heavy atom. The maximum Gasteiger partial charge on any atom is 0.338 e. The molecule has 10 nitrogen and oxygen atoms in total. The first-order valence-corrected chi connectivity index (χ1v) is 11.5. The predicted octanol–water partition coefficient (Wildman–Crippen LogP) is 3.12. The topological polar surface area (TPSA) is 131 Å². The van der Waals surface area contributed by atoms with E-state index in [1.54, 1.807) is 11.3 Å². The predicted molar refractivity (Wildman–Crippen MR) is 124 cm³/mol. The monoisotopic (exact) mass is 474 g/mol. The molecule has 1 aliphatic rings. The molecule has 3 amide bonds. The summed E-state index contributed by atoms with van der Waals surface area (Å²) in [7, 11) is 0. The molecule has 11 heteroatoms. The summed E-state index contributed by atoms with van der Waals surface area (Å²) < 4.78 is 4.92. The highest BCUT2D eigenvalue weighted by Gasteiger charge is 2.25. The molecule has 0 saturated carbocycles. The minimum Gasteiger partial charge on any atom is -0.452 e. The molecule has 1 aliphatic heterocycles. The molecule has 0 bridgehead atoms. The molecule has 0 atom stereocenters. The maximum absolute atomic E-state index is 12.3. The lowest BCUT2D eigenvalue weighted by Gasteiger charge is -2.31. The number of nitro benzene ring substituents is 1. The summed E-state index contributed by atoms with van der Waals surface area (Å²) in [5.74, 6) is -1.11. The van der Waals surface area contributed by atoms with Gasteiger partial charge in [0.05, 0.1) is 10.5 Å². The van der Waals surface area contributed by atoms with Crippen LogP contribution >= 0.6 is 11.3 Å². The molecule has 3 rings (SSSR count). The van der Waals surface area contributed by atoms with Gasteiger partial charge in [-0.2, -0.15) is 0 Å². The van der Waals surface area contributed by atoms with Gasteiger partial charge in [-0.1, -0.05) is 13.0 Å². The lowest BCUT2D eigenvalue weighted by Crippen LogP contribution is -2.42. The van der Waals surface area contributed by atoms with Gasteiger partial charge in [-0.15, -0.1) is 11.3 Å². The highest BCUT2D eigenvalue weighted by Crippen LogP contribution is 2.32. The van der Waals surface area contributed by atoms with Crippen LogP contribution in [0.1, 0.15) is 35.0 Å². The zero-order valence-electron chi connectivity index (χ0n) is 18.2. The van der Waals surface area contributed by atoms with E-state index in [1.165, 1.54) is 12.1 Å². The molecule has 1 aromatic carbocycles. The molecule has 2 N–H and O–H groups in total. The van der Waals surface area contributed by atoms with Crippen molar-refractivity contribution < 1.29 is 24.0 Å². The van der Waals surface area contributed by atoms with Crippen molar-refractivity contribution in [3.63, 3.8) is 0 Å². The van der Waals surface area contributed by atoms with Crippen LogP contribution in [0.5, 0.6) is 0 Å². The number of urea groups is 1. The van der Waals surface area contributed by atoms with Crippen LogP contribution in [0.25, 0.3) is 0 Å². The van der Waals surface area contributed by atoms with Gasteiger partial charge >= 0.3 is 12.0 Å². The molecule has 176 valence electrons. The Morgan fingerprint density at radius 2 is 2.00 bits per heavy atom. The van der Waals surface area contributed by atoms with Crippen LogP contribution in [-0.4, -0.2) is 49.1 Å². The first-order chi connectivity index (χ1) is 15.8. The van der Waals surface area contributed by atoms with Gasteiger partial charge in [-0.05, 0) is 48.8 Å². The number of carbonyl (C=O) groups is 3. The van der Waals surface area contributed by atoms with E-state index in [2.05, 4.69) is 17.6 Å². The number of anilines is 1. The Labute approximate surface area is 195 Å². The van der Waals surface area contributed by atoms with Gasteiger partial charge in [0.15, 0.2) is 6.61 Å². The van der Waals surface area contributed by atoms with E-state index in [-0.39, 0.29) is 11.3 Å². The smallest absolute Gasteiger partial charge is 0.338 e. The standard InChI is InChI=1S/C22H26N4O6S/c1-15-7-10-25(11-8-15)18-5-4-16(13-19(18)26(30)31)21(28)32-14-20(27)24-22(29)23-9-6-17-3-2-12-33-17/h2-5,12-13,15H,6-11,14H2,1H3,(H2,23,24,27,29). The van der Waals surface area contributed by atoms with Crippen molar-refractivity contribution in [1.29, 1.82) is 0 Å². The molecule has 0 spiro atoms. The Bertz CT molecular complexity index is 1000. The number of nitrogens with zero attached hydrogens (tertiary/aromatic N) is 2. The van der Waals surface area contributed by atoms with Gasteiger partial charge in [0, 0.05) is 30.6 Å². The first kappa shape index (κ1) is 24.2. The fourth-order valence-electron chi connectivity index (χ4n) is 3.49. The van der Waals surface area contributed by atoms with Crippen molar-refractivity contribution >= 4 is 40.6 Å². The number of piperidine rings is 1. The summed E-state index contributed by atoms with van der Waals surface area (Å²) in [6, 6.07) is 7.30. The number of benzene rings is 1. The highest BCUT2D eigenvalue weighted by atomic mass is 32.1. The van der Waals surface area contributed by atoms with E-state index in [0.717, 1.165) is 23.8 Å². The van der Waals surface area contributed by atoms with Crippen molar-refractivity contribution in [1.82, 2.24) is 10.6 Å². The number of hydrogen-bond acceptors (Lipinski definition) is 8. The molecular formula is C22H26N4O6S. The summed E-state index contributed by atoms with van der Waals surface area (Å²) in [6.45, 7) is 3.24. The highest BCUT2D eigenvalue weighted by molar-refractivity contribution is 7.09. The van der Waals surface area contributed by atoms with Gasteiger partial charge in [-0.25, -0.2) is 9.59 Å². The summed E-state index contributed by atoms with van der Waals surface area (Å²) in [6.07, 6.45) is 2.52. The number of nitro groups is 1. The van der Waals surface area contributed by atoms with Crippen LogP contribution in [0, 0.1) is 16.0 Å². The summed E-state index contributed by atoms with van der Waals surface area (Å²) >= 11 is 1.57. The number of ether oxygens (including phenoxy) is 1.